The van der Waals surface area contributed by atoms with Gasteiger partial charge in [-0.2, -0.15) is 0 Å². The fraction of sp³-hybridized carbons (Fsp3) is 0.364. The van der Waals surface area contributed by atoms with Crippen molar-refractivity contribution in [3.05, 3.63) is 64.4 Å². The zero-order chi connectivity index (χ0) is 18.6. The van der Waals surface area contributed by atoms with E-state index < -0.39 is 0 Å². The molecule has 1 atom stereocenters. The minimum atomic E-state index is -0.0747. The molecule has 2 aliphatic heterocycles. The highest BCUT2D eigenvalue weighted by Gasteiger charge is 2.32. The van der Waals surface area contributed by atoms with Crippen molar-refractivity contribution in [3.8, 4) is 0 Å². The molecule has 0 spiro atoms. The Hall–Kier alpha value is -2.40. The van der Waals surface area contributed by atoms with Crippen LogP contribution in [0, 0.1) is 5.92 Å². The smallest absolute Gasteiger partial charge is 0.263 e. The Morgan fingerprint density at radius 2 is 1.85 bits per heavy atom. The quantitative estimate of drug-likeness (QED) is 0.810. The number of piperidine rings is 1. The van der Waals surface area contributed by atoms with Gasteiger partial charge >= 0.3 is 0 Å². The van der Waals surface area contributed by atoms with E-state index in [0.717, 1.165) is 37.2 Å². The highest BCUT2D eigenvalue weighted by molar-refractivity contribution is 7.12. The van der Waals surface area contributed by atoms with Crippen LogP contribution in [0.1, 0.15) is 34.5 Å². The second kappa shape index (κ2) is 8.09. The van der Waals surface area contributed by atoms with Gasteiger partial charge in [-0.25, -0.2) is 0 Å². The molecular weight excluding hydrogens is 356 g/mol. The number of hydrogen-bond acceptors (Lipinski definition) is 3. The van der Waals surface area contributed by atoms with E-state index in [2.05, 4.69) is 30.3 Å². The Morgan fingerprint density at radius 3 is 2.56 bits per heavy atom. The molecule has 4 nitrogen and oxygen atoms in total. The molecule has 0 aliphatic carbocycles. The maximum absolute atomic E-state index is 13.0. The fourth-order valence-electron chi connectivity index (χ4n) is 3.96. The normalized spacial score (nSPS) is 20.3. The van der Waals surface area contributed by atoms with Crippen molar-refractivity contribution in [2.24, 2.45) is 5.92 Å². The molecule has 2 amide bonds. The molecule has 0 saturated carbocycles. The molecule has 2 aliphatic rings. The number of rotatable bonds is 3. The average molecular weight is 381 g/mol. The molecule has 1 fully saturated rings. The van der Waals surface area contributed by atoms with Crippen LogP contribution in [-0.2, 0) is 4.79 Å². The first-order chi connectivity index (χ1) is 13.2. The molecule has 5 heteroatoms. The molecule has 1 saturated heterocycles. The Kier molecular flexibility index (Phi) is 5.39. The Bertz CT molecular complexity index is 829. The van der Waals surface area contributed by atoms with E-state index in [1.54, 1.807) is 0 Å². The summed E-state index contributed by atoms with van der Waals surface area (Å²) >= 11 is 1.47. The van der Waals surface area contributed by atoms with Gasteiger partial charge in [-0.05, 0) is 41.8 Å². The zero-order valence-corrected chi connectivity index (χ0v) is 16.2. The van der Waals surface area contributed by atoms with Gasteiger partial charge in [0.2, 0.25) is 5.91 Å². The van der Waals surface area contributed by atoms with Gasteiger partial charge in [0.1, 0.15) is 0 Å². The van der Waals surface area contributed by atoms with E-state index in [1.807, 2.05) is 33.4 Å². The van der Waals surface area contributed by atoms with Gasteiger partial charge < -0.3 is 9.80 Å². The molecule has 0 radical (unpaired) electrons. The van der Waals surface area contributed by atoms with Gasteiger partial charge in [-0.1, -0.05) is 42.5 Å². The number of carbonyl (C=O) groups is 2. The molecule has 0 bridgehead atoms. The molecule has 1 unspecified atom stereocenters. The lowest BCUT2D eigenvalue weighted by molar-refractivity contribution is -0.136. The average Bonchev–Trinajstić information content (AvgIpc) is 3.28. The van der Waals surface area contributed by atoms with Crippen LogP contribution in [0.4, 0.5) is 0 Å². The summed E-state index contributed by atoms with van der Waals surface area (Å²) in [7, 11) is 0. The summed E-state index contributed by atoms with van der Waals surface area (Å²) in [5.41, 5.74) is 2.56. The molecule has 1 aromatic heterocycles. The van der Waals surface area contributed by atoms with Crippen molar-refractivity contribution in [3.63, 3.8) is 0 Å². The van der Waals surface area contributed by atoms with E-state index in [1.165, 1.54) is 22.5 Å². The van der Waals surface area contributed by atoms with E-state index in [0.29, 0.717) is 13.1 Å². The van der Waals surface area contributed by atoms with Crippen LogP contribution in [0.2, 0.25) is 0 Å². The number of thiophene rings is 1. The second-order valence-corrected chi connectivity index (χ2v) is 8.14. The van der Waals surface area contributed by atoms with E-state index in [4.69, 9.17) is 0 Å². The Balaban J connectivity index is 1.38. The van der Waals surface area contributed by atoms with Crippen molar-refractivity contribution in [2.45, 2.75) is 19.3 Å². The number of likely N-dealkylation sites (tertiary alicyclic amines) is 1. The number of nitrogens with zero attached hydrogens (tertiary/aromatic N) is 2. The number of benzene rings is 1. The van der Waals surface area contributed by atoms with Crippen LogP contribution in [0.15, 0.2) is 53.9 Å². The van der Waals surface area contributed by atoms with Gasteiger partial charge in [0, 0.05) is 26.2 Å². The highest BCUT2D eigenvalue weighted by Crippen LogP contribution is 2.26. The van der Waals surface area contributed by atoms with Crippen LogP contribution >= 0.6 is 11.3 Å². The summed E-state index contributed by atoms with van der Waals surface area (Å²) in [6.45, 7) is 2.72. The SMILES string of the molecule is O=C(c1cccs1)N1CCCC(C(=O)N2CC=C(c3ccccc3)CC2)C1. The lowest BCUT2D eigenvalue weighted by Crippen LogP contribution is -2.47. The third-order valence-electron chi connectivity index (χ3n) is 5.46. The summed E-state index contributed by atoms with van der Waals surface area (Å²) < 4.78 is 0. The maximum atomic E-state index is 13.0. The summed E-state index contributed by atoms with van der Waals surface area (Å²) in [5.74, 6) is 0.184. The third-order valence-corrected chi connectivity index (χ3v) is 6.31. The molecule has 2 aromatic rings. The standard InChI is InChI=1S/C22H24N2O2S/c25-21(23-13-10-18(11-14-23)17-6-2-1-3-7-17)19-8-4-12-24(16-19)22(26)20-9-5-15-27-20/h1-3,5-7,9-10,15,19H,4,8,11-14,16H2. The number of hydrogen-bond donors (Lipinski definition) is 0. The molecule has 140 valence electrons. The summed E-state index contributed by atoms with van der Waals surface area (Å²) in [4.78, 5) is 30.2. The van der Waals surface area contributed by atoms with Crippen LogP contribution in [0.25, 0.3) is 5.57 Å². The molecule has 0 N–H and O–H groups in total. The van der Waals surface area contributed by atoms with Crippen LogP contribution < -0.4 is 0 Å². The highest BCUT2D eigenvalue weighted by atomic mass is 32.1. The van der Waals surface area contributed by atoms with E-state index in [9.17, 15) is 9.59 Å². The van der Waals surface area contributed by atoms with Crippen molar-refractivity contribution in [1.29, 1.82) is 0 Å². The maximum Gasteiger partial charge on any atom is 0.263 e. The van der Waals surface area contributed by atoms with Crippen LogP contribution in [-0.4, -0.2) is 47.8 Å². The van der Waals surface area contributed by atoms with Gasteiger partial charge in [-0.3, -0.25) is 9.59 Å². The lowest BCUT2D eigenvalue weighted by Gasteiger charge is -2.36. The van der Waals surface area contributed by atoms with Crippen molar-refractivity contribution in [1.82, 2.24) is 9.80 Å². The summed E-state index contributed by atoms with van der Waals surface area (Å²) in [5, 5.41) is 1.92. The molecule has 1 aromatic carbocycles. The Morgan fingerprint density at radius 1 is 1.00 bits per heavy atom. The molecule has 4 rings (SSSR count). The first-order valence-corrected chi connectivity index (χ1v) is 10.5. The number of carbonyl (C=O) groups excluding carboxylic acids is 2. The monoisotopic (exact) mass is 380 g/mol. The van der Waals surface area contributed by atoms with Crippen LogP contribution in [0.3, 0.4) is 0 Å². The lowest BCUT2D eigenvalue weighted by atomic mass is 9.94. The summed E-state index contributed by atoms with van der Waals surface area (Å²) in [6.07, 6.45) is 4.83. The largest absolute Gasteiger partial charge is 0.338 e. The first kappa shape index (κ1) is 18.0. The topological polar surface area (TPSA) is 40.6 Å². The van der Waals surface area contributed by atoms with E-state index >= 15 is 0 Å². The van der Waals surface area contributed by atoms with Crippen molar-refractivity contribution in [2.75, 3.05) is 26.2 Å². The van der Waals surface area contributed by atoms with Gasteiger partial charge in [0.25, 0.3) is 5.91 Å². The van der Waals surface area contributed by atoms with Gasteiger partial charge in [-0.15, -0.1) is 11.3 Å². The third kappa shape index (κ3) is 3.98. The first-order valence-electron chi connectivity index (χ1n) is 9.58. The molecule has 3 heterocycles. The predicted octanol–water partition coefficient (Wildman–Crippen LogP) is 3.92. The summed E-state index contributed by atoms with van der Waals surface area (Å²) in [6, 6.07) is 14.1. The second-order valence-electron chi connectivity index (χ2n) is 7.20. The van der Waals surface area contributed by atoms with Crippen molar-refractivity contribution < 1.29 is 9.59 Å². The zero-order valence-electron chi connectivity index (χ0n) is 15.3. The van der Waals surface area contributed by atoms with Crippen molar-refractivity contribution >= 4 is 28.7 Å². The molecular formula is C22H24N2O2S. The number of amides is 2. The molecule has 27 heavy (non-hydrogen) atoms. The van der Waals surface area contributed by atoms with Gasteiger partial charge in [0.15, 0.2) is 0 Å². The predicted molar refractivity (Wildman–Crippen MR) is 109 cm³/mol. The van der Waals surface area contributed by atoms with E-state index in [-0.39, 0.29) is 17.7 Å². The minimum Gasteiger partial charge on any atom is -0.338 e. The fourth-order valence-corrected chi connectivity index (χ4v) is 4.65. The minimum absolute atomic E-state index is 0.0624. The Labute approximate surface area is 164 Å². The van der Waals surface area contributed by atoms with Gasteiger partial charge in [0.05, 0.1) is 10.8 Å². The van der Waals surface area contributed by atoms with Crippen LogP contribution in [0.5, 0.6) is 0 Å².